The number of thioether (sulfide) groups is 1. The molecule has 3 aromatic carbocycles. The van der Waals surface area contributed by atoms with E-state index in [1.165, 1.54) is 18.2 Å². The highest BCUT2D eigenvalue weighted by Gasteiger charge is 2.33. The van der Waals surface area contributed by atoms with Crippen molar-refractivity contribution >= 4 is 40.3 Å². The summed E-state index contributed by atoms with van der Waals surface area (Å²) in [5, 5.41) is 5.61. The first kappa shape index (κ1) is 24.3. The minimum atomic E-state index is -4.60. The number of aromatic nitrogens is 2. The van der Waals surface area contributed by atoms with E-state index >= 15 is 0 Å². The average Bonchev–Trinajstić information content (AvgIpc) is 3.19. The molecule has 2 N–H and O–H groups in total. The first-order chi connectivity index (χ1) is 16.8. The van der Waals surface area contributed by atoms with Gasteiger partial charge in [-0.25, -0.2) is 4.98 Å². The Labute approximate surface area is 203 Å². The Kier molecular flexibility index (Phi) is 7.40. The molecule has 0 saturated heterocycles. The summed E-state index contributed by atoms with van der Waals surface area (Å²) in [6, 6.07) is 21.4. The van der Waals surface area contributed by atoms with Crippen LogP contribution in [0.4, 0.5) is 18.9 Å². The number of carbonyl (C=O) groups excluding carboxylic acids is 2. The number of amides is 2. The number of benzene rings is 3. The molecular formula is C25H21F3N4O2S. The number of para-hydroxylation sites is 3. The molecule has 4 rings (SSSR count). The molecule has 0 saturated carbocycles. The van der Waals surface area contributed by atoms with E-state index in [0.717, 1.165) is 23.4 Å². The van der Waals surface area contributed by atoms with Crippen molar-refractivity contribution in [3.8, 4) is 0 Å². The van der Waals surface area contributed by atoms with E-state index in [2.05, 4.69) is 15.6 Å². The van der Waals surface area contributed by atoms with Gasteiger partial charge in [-0.1, -0.05) is 66.4 Å². The molecule has 1 heterocycles. The number of carbonyl (C=O) groups is 2. The molecule has 10 heteroatoms. The van der Waals surface area contributed by atoms with Crippen LogP contribution in [0.1, 0.15) is 11.1 Å². The summed E-state index contributed by atoms with van der Waals surface area (Å²) in [5.41, 5.74) is 0.980. The standard InChI is InChI=1S/C25H21F3N4O2S/c26-25(27,28)18-10-4-5-11-19(18)30-22(33)15-32-21-13-7-6-12-20(21)31-24(32)35-16-23(34)29-14-17-8-2-1-3-9-17/h1-13H,14-16H2,(H,29,34)(H,30,33). The minimum absolute atomic E-state index is 0.0642. The molecule has 2 amide bonds. The van der Waals surface area contributed by atoms with E-state index in [0.29, 0.717) is 22.7 Å². The average molecular weight is 499 g/mol. The third-order valence-corrected chi connectivity index (χ3v) is 6.07. The number of nitrogens with zero attached hydrogens (tertiary/aromatic N) is 2. The monoisotopic (exact) mass is 498 g/mol. The molecule has 1 aromatic heterocycles. The molecule has 0 spiro atoms. The summed E-state index contributed by atoms with van der Waals surface area (Å²) in [7, 11) is 0. The molecule has 4 aromatic rings. The number of anilines is 1. The van der Waals surface area contributed by atoms with E-state index in [1.54, 1.807) is 28.8 Å². The highest BCUT2D eigenvalue weighted by molar-refractivity contribution is 7.99. The van der Waals surface area contributed by atoms with E-state index in [9.17, 15) is 22.8 Å². The number of fused-ring (bicyclic) bond motifs is 1. The van der Waals surface area contributed by atoms with Crippen LogP contribution in [-0.2, 0) is 28.9 Å². The van der Waals surface area contributed by atoms with Gasteiger partial charge < -0.3 is 15.2 Å². The largest absolute Gasteiger partial charge is 0.418 e. The zero-order chi connectivity index (χ0) is 24.8. The topological polar surface area (TPSA) is 76.0 Å². The summed E-state index contributed by atoms with van der Waals surface area (Å²) >= 11 is 1.15. The SMILES string of the molecule is O=C(CSc1nc2ccccc2n1CC(=O)Nc1ccccc1C(F)(F)F)NCc1ccccc1. The van der Waals surface area contributed by atoms with Gasteiger partial charge >= 0.3 is 6.18 Å². The van der Waals surface area contributed by atoms with Gasteiger partial charge in [-0.05, 0) is 29.8 Å². The minimum Gasteiger partial charge on any atom is -0.351 e. The molecule has 6 nitrogen and oxygen atoms in total. The molecule has 180 valence electrons. The van der Waals surface area contributed by atoms with Crippen LogP contribution in [0, 0.1) is 0 Å². The lowest BCUT2D eigenvalue weighted by atomic mass is 10.1. The Bertz CT molecular complexity index is 1340. The number of hydrogen-bond donors (Lipinski definition) is 2. The highest BCUT2D eigenvalue weighted by atomic mass is 32.2. The Morgan fingerprint density at radius 1 is 0.886 bits per heavy atom. The van der Waals surface area contributed by atoms with Crippen molar-refractivity contribution in [2.75, 3.05) is 11.1 Å². The smallest absolute Gasteiger partial charge is 0.351 e. The summed E-state index contributed by atoms with van der Waals surface area (Å²) < 4.78 is 41.5. The van der Waals surface area contributed by atoms with Crippen molar-refractivity contribution in [3.05, 3.63) is 90.0 Å². The predicted octanol–water partition coefficient (Wildman–Crippen LogP) is 5.10. The zero-order valence-electron chi connectivity index (χ0n) is 18.4. The van der Waals surface area contributed by atoms with Crippen molar-refractivity contribution < 1.29 is 22.8 Å². The fraction of sp³-hybridized carbons (Fsp3) is 0.160. The molecule has 0 fully saturated rings. The predicted molar refractivity (Wildman–Crippen MR) is 129 cm³/mol. The highest BCUT2D eigenvalue weighted by Crippen LogP contribution is 2.34. The van der Waals surface area contributed by atoms with Crippen LogP contribution in [0.2, 0.25) is 0 Å². The first-order valence-electron chi connectivity index (χ1n) is 10.7. The van der Waals surface area contributed by atoms with Crippen LogP contribution in [0.25, 0.3) is 11.0 Å². The third kappa shape index (κ3) is 6.21. The van der Waals surface area contributed by atoms with Crippen molar-refractivity contribution in [1.82, 2.24) is 14.9 Å². The number of hydrogen-bond acceptors (Lipinski definition) is 4. The van der Waals surface area contributed by atoms with Gasteiger partial charge in [0.15, 0.2) is 5.16 Å². The van der Waals surface area contributed by atoms with Gasteiger partial charge in [0.05, 0.1) is 28.0 Å². The maximum Gasteiger partial charge on any atom is 0.418 e. The summed E-state index contributed by atoms with van der Waals surface area (Å²) in [4.78, 5) is 29.6. The van der Waals surface area contributed by atoms with Crippen molar-refractivity contribution in [3.63, 3.8) is 0 Å². The summed E-state index contributed by atoms with van der Waals surface area (Å²) in [6.45, 7) is 0.123. The number of imidazole rings is 1. The van der Waals surface area contributed by atoms with Crippen LogP contribution in [0.15, 0.2) is 84.0 Å². The van der Waals surface area contributed by atoms with Gasteiger partial charge in [0, 0.05) is 6.54 Å². The van der Waals surface area contributed by atoms with Gasteiger partial charge in [-0.3, -0.25) is 9.59 Å². The van der Waals surface area contributed by atoms with Crippen molar-refractivity contribution in [2.24, 2.45) is 0 Å². The molecule has 0 atom stereocenters. The van der Waals surface area contributed by atoms with Crippen LogP contribution in [0.5, 0.6) is 0 Å². The van der Waals surface area contributed by atoms with E-state index < -0.39 is 17.6 Å². The van der Waals surface area contributed by atoms with Crippen molar-refractivity contribution in [2.45, 2.75) is 24.4 Å². The molecule has 0 radical (unpaired) electrons. The Morgan fingerprint density at radius 3 is 2.34 bits per heavy atom. The summed E-state index contributed by atoms with van der Waals surface area (Å²) in [6.07, 6.45) is -4.60. The molecule has 0 aliphatic heterocycles. The van der Waals surface area contributed by atoms with Crippen LogP contribution in [-0.4, -0.2) is 27.1 Å². The van der Waals surface area contributed by atoms with E-state index in [4.69, 9.17) is 0 Å². The third-order valence-electron chi connectivity index (χ3n) is 5.09. The van der Waals surface area contributed by atoms with Crippen molar-refractivity contribution in [1.29, 1.82) is 0 Å². The second kappa shape index (κ2) is 10.6. The summed E-state index contributed by atoms with van der Waals surface area (Å²) in [5.74, 6) is -0.782. The zero-order valence-corrected chi connectivity index (χ0v) is 19.2. The molecule has 0 aliphatic rings. The molecule has 0 bridgehead atoms. The van der Waals surface area contributed by atoms with E-state index in [1.807, 2.05) is 30.3 Å². The molecular weight excluding hydrogens is 477 g/mol. The lowest BCUT2D eigenvalue weighted by molar-refractivity contribution is -0.137. The molecule has 35 heavy (non-hydrogen) atoms. The van der Waals surface area contributed by atoms with Crippen LogP contribution < -0.4 is 10.6 Å². The molecule has 0 aliphatic carbocycles. The maximum absolute atomic E-state index is 13.3. The fourth-order valence-corrected chi connectivity index (χ4v) is 4.31. The van der Waals surface area contributed by atoms with Gasteiger partial charge in [0.2, 0.25) is 11.8 Å². The quantitative estimate of drug-likeness (QED) is 0.332. The second-order valence-electron chi connectivity index (χ2n) is 7.61. The lowest BCUT2D eigenvalue weighted by Crippen LogP contribution is -2.25. The number of nitrogens with one attached hydrogen (secondary N) is 2. The van der Waals surface area contributed by atoms with E-state index in [-0.39, 0.29) is 23.9 Å². The number of rotatable bonds is 8. The van der Waals surface area contributed by atoms with Gasteiger partial charge in [-0.15, -0.1) is 0 Å². The normalized spacial score (nSPS) is 11.4. The van der Waals surface area contributed by atoms with Crippen LogP contribution in [0.3, 0.4) is 0 Å². The van der Waals surface area contributed by atoms with Gasteiger partial charge in [0.25, 0.3) is 0 Å². The Morgan fingerprint density at radius 2 is 1.57 bits per heavy atom. The lowest BCUT2D eigenvalue weighted by Gasteiger charge is -2.14. The number of halogens is 3. The molecule has 0 unspecified atom stereocenters. The van der Waals surface area contributed by atoms with Gasteiger partial charge in [-0.2, -0.15) is 13.2 Å². The number of alkyl halides is 3. The maximum atomic E-state index is 13.3. The fourth-order valence-electron chi connectivity index (χ4n) is 3.47. The second-order valence-corrected chi connectivity index (χ2v) is 8.55. The van der Waals surface area contributed by atoms with Crippen LogP contribution >= 0.6 is 11.8 Å². The van der Waals surface area contributed by atoms with Gasteiger partial charge in [0.1, 0.15) is 6.54 Å². The Hall–Kier alpha value is -3.79. The Balaban J connectivity index is 1.47. The first-order valence-corrected chi connectivity index (χ1v) is 11.6.